The first-order valence-electron chi connectivity index (χ1n) is 9.94. The summed E-state index contributed by atoms with van der Waals surface area (Å²) in [6, 6.07) is 15.4. The summed E-state index contributed by atoms with van der Waals surface area (Å²) in [5, 5.41) is 1.61. The van der Waals surface area contributed by atoms with Crippen LogP contribution in [0.25, 0.3) is 0 Å². The number of nitrogens with zero attached hydrogens (tertiary/aromatic N) is 3. The fraction of sp³-hybridized carbons (Fsp3) is 0.261. The van der Waals surface area contributed by atoms with E-state index in [1.165, 1.54) is 11.8 Å². The van der Waals surface area contributed by atoms with Crippen molar-refractivity contribution >= 4 is 51.8 Å². The van der Waals surface area contributed by atoms with Gasteiger partial charge in [-0.15, -0.1) is 0 Å². The first kappa shape index (κ1) is 20.8. The number of rotatable bonds is 5. The molecule has 154 valence electrons. The van der Waals surface area contributed by atoms with Crippen LogP contribution >= 0.6 is 23.5 Å². The van der Waals surface area contributed by atoms with E-state index in [9.17, 15) is 9.59 Å². The average molecular weight is 438 g/mol. The number of aliphatic imine (C=N–C) groups is 1. The number of benzene rings is 2. The zero-order valence-electron chi connectivity index (χ0n) is 17.2. The van der Waals surface area contributed by atoms with Crippen molar-refractivity contribution in [1.29, 1.82) is 0 Å². The van der Waals surface area contributed by atoms with Gasteiger partial charge in [-0.3, -0.25) is 14.5 Å². The Morgan fingerprint density at radius 2 is 1.90 bits per heavy atom. The van der Waals surface area contributed by atoms with Gasteiger partial charge in [0.15, 0.2) is 11.0 Å². The lowest BCUT2D eigenvalue weighted by Gasteiger charge is -2.16. The number of amidine groups is 1. The molecule has 7 heteroatoms. The van der Waals surface area contributed by atoms with Crippen LogP contribution in [0.4, 0.5) is 11.4 Å². The second-order valence-corrected chi connectivity index (χ2v) is 9.18. The van der Waals surface area contributed by atoms with E-state index in [4.69, 9.17) is 4.99 Å². The topological polar surface area (TPSA) is 53.0 Å². The van der Waals surface area contributed by atoms with Gasteiger partial charge < -0.3 is 4.90 Å². The van der Waals surface area contributed by atoms with Crippen LogP contribution in [0.2, 0.25) is 0 Å². The zero-order valence-corrected chi connectivity index (χ0v) is 18.8. The highest BCUT2D eigenvalue weighted by Gasteiger charge is 2.38. The molecule has 5 nitrogen and oxygen atoms in total. The van der Waals surface area contributed by atoms with Crippen LogP contribution in [0, 0.1) is 0 Å². The number of carbonyl (C=O) groups is 2. The van der Waals surface area contributed by atoms with Crippen LogP contribution in [0.1, 0.15) is 37.0 Å². The molecule has 0 atom stereocenters. The molecule has 2 aromatic carbocycles. The first-order chi connectivity index (χ1) is 14.5. The Kier molecular flexibility index (Phi) is 6.01. The standard InChI is InChI=1S/C23H23N3O2S2/c1-4-5-13-26-21(28)20(22-25(3)18-11-6-7-12-19(18)29-22)30-23(26)24-17-10-8-9-16(14-17)15(2)27/h6-12,14H,4-5,13H2,1-3H3. The Hall–Kier alpha value is -2.51. The van der Waals surface area contributed by atoms with Crippen LogP contribution in [-0.4, -0.2) is 35.4 Å². The molecule has 0 aliphatic carbocycles. The van der Waals surface area contributed by atoms with Gasteiger partial charge in [0.25, 0.3) is 5.91 Å². The molecule has 2 aromatic rings. The third-order valence-electron chi connectivity index (χ3n) is 5.01. The zero-order chi connectivity index (χ0) is 21.3. The molecule has 2 aliphatic rings. The normalized spacial score (nSPS) is 19.7. The average Bonchev–Trinajstić information content (AvgIpc) is 3.23. The largest absolute Gasteiger partial charge is 0.337 e. The number of amides is 1. The van der Waals surface area contributed by atoms with Crippen molar-refractivity contribution < 1.29 is 9.59 Å². The van der Waals surface area contributed by atoms with E-state index in [1.54, 1.807) is 35.7 Å². The molecular weight excluding hydrogens is 414 g/mol. The second kappa shape index (κ2) is 8.70. The number of anilines is 1. The number of unbranched alkanes of at least 4 members (excludes halogenated alkanes) is 1. The Balaban J connectivity index is 1.72. The summed E-state index contributed by atoms with van der Waals surface area (Å²) in [6.45, 7) is 4.28. The van der Waals surface area contributed by atoms with Crippen LogP contribution in [-0.2, 0) is 4.79 Å². The maximum absolute atomic E-state index is 13.3. The molecule has 1 saturated heterocycles. The Morgan fingerprint density at radius 3 is 2.63 bits per heavy atom. The lowest BCUT2D eigenvalue weighted by atomic mass is 10.1. The third kappa shape index (κ3) is 3.91. The Morgan fingerprint density at radius 1 is 1.10 bits per heavy atom. The van der Waals surface area contributed by atoms with E-state index in [0.29, 0.717) is 27.9 Å². The number of thioether (sulfide) groups is 2. The Labute approximate surface area is 185 Å². The SMILES string of the molecule is CCCCN1C(=O)C(=C2Sc3ccccc3N2C)SC1=Nc1cccc(C(C)=O)c1. The molecule has 2 heterocycles. The molecule has 0 N–H and O–H groups in total. The second-order valence-electron chi connectivity index (χ2n) is 7.18. The summed E-state index contributed by atoms with van der Waals surface area (Å²) in [7, 11) is 2.00. The third-order valence-corrected chi connectivity index (χ3v) is 7.44. The smallest absolute Gasteiger partial charge is 0.269 e. The molecule has 0 aromatic heterocycles. The summed E-state index contributed by atoms with van der Waals surface area (Å²) in [5.74, 6) is -0.00308. The number of ketones is 1. The van der Waals surface area contributed by atoms with E-state index < -0.39 is 0 Å². The molecule has 2 aliphatic heterocycles. The number of hydrogen-bond acceptors (Lipinski definition) is 6. The highest BCUT2D eigenvalue weighted by molar-refractivity contribution is 8.19. The van der Waals surface area contributed by atoms with Crippen LogP contribution in [0.15, 0.2) is 68.4 Å². The minimum absolute atomic E-state index is 0.000377. The molecular formula is C23H23N3O2S2. The van der Waals surface area contributed by atoms with Gasteiger partial charge in [0.1, 0.15) is 4.91 Å². The van der Waals surface area contributed by atoms with E-state index in [-0.39, 0.29) is 11.7 Å². The number of para-hydroxylation sites is 1. The number of Topliss-reactive ketones (excluding diaryl/α,β-unsaturated/α-hetero) is 1. The first-order valence-corrected chi connectivity index (χ1v) is 11.6. The molecule has 0 bridgehead atoms. The van der Waals surface area contributed by atoms with E-state index in [0.717, 1.165) is 28.5 Å². The fourth-order valence-corrected chi connectivity index (χ4v) is 5.71. The summed E-state index contributed by atoms with van der Waals surface area (Å²) in [5.41, 5.74) is 2.41. The van der Waals surface area contributed by atoms with Gasteiger partial charge in [-0.25, -0.2) is 4.99 Å². The van der Waals surface area contributed by atoms with Crippen LogP contribution < -0.4 is 4.90 Å². The fourth-order valence-electron chi connectivity index (χ4n) is 3.34. The molecule has 1 amide bonds. The van der Waals surface area contributed by atoms with Gasteiger partial charge in [0.2, 0.25) is 0 Å². The van der Waals surface area contributed by atoms with Crippen molar-refractivity contribution in [2.45, 2.75) is 31.6 Å². The molecule has 0 spiro atoms. The maximum Gasteiger partial charge on any atom is 0.269 e. The maximum atomic E-state index is 13.3. The summed E-state index contributed by atoms with van der Waals surface area (Å²) < 4.78 is 0. The minimum Gasteiger partial charge on any atom is -0.337 e. The van der Waals surface area contributed by atoms with Crippen molar-refractivity contribution in [3.63, 3.8) is 0 Å². The van der Waals surface area contributed by atoms with Gasteiger partial charge in [-0.05, 0) is 49.4 Å². The Bertz CT molecular complexity index is 1080. The predicted molar refractivity (Wildman–Crippen MR) is 125 cm³/mol. The lowest BCUT2D eigenvalue weighted by molar-refractivity contribution is -0.122. The summed E-state index contributed by atoms with van der Waals surface area (Å²) in [6.07, 6.45) is 1.90. The summed E-state index contributed by atoms with van der Waals surface area (Å²) >= 11 is 3.04. The molecule has 1 fully saturated rings. The highest BCUT2D eigenvalue weighted by atomic mass is 32.2. The molecule has 4 rings (SSSR count). The minimum atomic E-state index is -0.00270. The number of hydrogen-bond donors (Lipinski definition) is 0. The van der Waals surface area contributed by atoms with Gasteiger partial charge in [0, 0.05) is 24.1 Å². The predicted octanol–water partition coefficient (Wildman–Crippen LogP) is 5.66. The van der Waals surface area contributed by atoms with Crippen molar-refractivity contribution in [2.24, 2.45) is 4.99 Å². The van der Waals surface area contributed by atoms with Crippen LogP contribution in [0.3, 0.4) is 0 Å². The molecule has 0 radical (unpaired) electrons. The van der Waals surface area contributed by atoms with E-state index in [2.05, 4.69) is 24.0 Å². The van der Waals surface area contributed by atoms with Gasteiger partial charge >= 0.3 is 0 Å². The quantitative estimate of drug-likeness (QED) is 0.446. The summed E-state index contributed by atoms with van der Waals surface area (Å²) in [4.78, 5) is 35.5. The molecule has 0 unspecified atom stereocenters. The van der Waals surface area contributed by atoms with Crippen molar-refractivity contribution in [3.05, 3.63) is 64.0 Å². The van der Waals surface area contributed by atoms with Crippen molar-refractivity contribution in [2.75, 3.05) is 18.5 Å². The lowest BCUT2D eigenvalue weighted by Crippen LogP contribution is -2.30. The van der Waals surface area contributed by atoms with E-state index in [1.807, 2.05) is 31.3 Å². The molecule has 30 heavy (non-hydrogen) atoms. The van der Waals surface area contributed by atoms with Crippen LogP contribution in [0.5, 0.6) is 0 Å². The van der Waals surface area contributed by atoms with Gasteiger partial charge in [-0.2, -0.15) is 0 Å². The van der Waals surface area contributed by atoms with Crippen molar-refractivity contribution in [3.8, 4) is 0 Å². The molecule has 0 saturated carbocycles. The monoisotopic (exact) mass is 437 g/mol. The van der Waals surface area contributed by atoms with Gasteiger partial charge in [-0.1, -0.05) is 49.4 Å². The number of fused-ring (bicyclic) bond motifs is 1. The van der Waals surface area contributed by atoms with E-state index >= 15 is 0 Å². The highest BCUT2D eigenvalue weighted by Crippen LogP contribution is 2.50. The van der Waals surface area contributed by atoms with Crippen molar-refractivity contribution in [1.82, 2.24) is 4.90 Å². The number of carbonyl (C=O) groups excluding carboxylic acids is 2. The van der Waals surface area contributed by atoms with Gasteiger partial charge in [0.05, 0.1) is 16.4 Å².